The van der Waals surface area contributed by atoms with Crippen LogP contribution < -0.4 is 62.7 Å². The highest BCUT2D eigenvalue weighted by atomic mass is 32.2. The lowest BCUT2D eigenvalue weighted by molar-refractivity contribution is -0.158. The lowest BCUT2D eigenvalue weighted by Gasteiger charge is -2.62. The number of fused-ring (bicyclic) bond motifs is 18. The van der Waals surface area contributed by atoms with Gasteiger partial charge in [-0.15, -0.1) is 23.5 Å². The second-order valence-electron chi connectivity index (χ2n) is 32.7. The molecule has 14 heterocycles. The first kappa shape index (κ1) is 83.9. The lowest BCUT2D eigenvalue weighted by atomic mass is 9.71. The fraction of sp³-hybridized carbons (Fsp3) is 0.494. The van der Waals surface area contributed by atoms with Crippen molar-refractivity contribution < 1.29 is 96.0 Å². The van der Waals surface area contributed by atoms with E-state index in [1.165, 1.54) is 14.2 Å². The minimum atomic E-state index is -1.39. The van der Waals surface area contributed by atoms with E-state index in [2.05, 4.69) is 67.7 Å². The molecule has 14 aliphatic heterocycles. The number of nitriles is 2. The number of aromatic hydroxyl groups is 3. The molecule has 119 heavy (non-hydrogen) atoms. The number of phenols is 3. The van der Waals surface area contributed by atoms with E-state index >= 15 is 4.79 Å². The Balaban J connectivity index is 0.000000184. The van der Waals surface area contributed by atoms with Gasteiger partial charge in [0.25, 0.3) is 0 Å². The molecular weight excluding hydrogens is 1570 g/mol. The third-order valence-corrected chi connectivity index (χ3v) is 28.6. The Morgan fingerprint density at radius 2 is 1.01 bits per heavy atom. The fourth-order valence-corrected chi connectivity index (χ4v) is 24.3. The summed E-state index contributed by atoms with van der Waals surface area (Å²) < 4.78 is 85.2. The van der Waals surface area contributed by atoms with Crippen molar-refractivity contribution in [2.45, 2.75) is 177 Å². The zero-order chi connectivity index (χ0) is 82.5. The van der Waals surface area contributed by atoms with Crippen molar-refractivity contribution in [1.29, 1.82) is 10.5 Å². The molecule has 2 spiro atoms. The van der Waals surface area contributed by atoms with Crippen molar-refractivity contribution >= 4 is 41.6 Å². The first-order valence-electron chi connectivity index (χ1n) is 39.3. The highest BCUT2D eigenvalue weighted by Gasteiger charge is 2.65. The van der Waals surface area contributed by atoms with Gasteiger partial charge in [0.2, 0.25) is 13.6 Å². The van der Waals surface area contributed by atoms with Crippen LogP contribution in [-0.2, 0) is 60.6 Å². The number of nitrogens with zero attached hydrogens (tertiary/aromatic N) is 6. The van der Waals surface area contributed by atoms with Crippen LogP contribution in [0.4, 0.5) is 4.79 Å². The topological polar surface area (TPSA) is 326 Å². The minimum Gasteiger partial charge on any atom is -0.504 e. The highest BCUT2D eigenvalue weighted by Crippen LogP contribution is 2.68. The van der Waals surface area contributed by atoms with Gasteiger partial charge in [-0.2, -0.15) is 10.5 Å². The minimum absolute atomic E-state index is 0. The molecule has 632 valence electrons. The lowest BCUT2D eigenvalue weighted by Crippen LogP contribution is -2.69. The van der Waals surface area contributed by atoms with Gasteiger partial charge >= 0.3 is 18.1 Å². The standard InChI is InChI=1S/C46H52N4O11S.C41H44N4O9S.2CH4/c1-10-13-56-39-23(3)40-41(59-21-58-40)33-29-19-57-43(52)46(26-17-30(54-8)31(16-24(26)11-12-48-46)60-44(53)61-45(4,5)6)20-62-42(34(33)39)36-35-32-25(14-22(2)38(55-9)37(32)51)15-27(49(35)7)28(18-47)50(29)36;1-7-10-51-36-20(3)37-38(54-18-53-37)30-26-16-52-40(48)41(23-14-28(49-5)27(46)13-21(23)8-9-43-41)17-55-39(31(30)36)33-32-29-22(11-19(2)35(50-6)34(29)47)12-24(44(32)4)25(15-42)45(26)33;;/h10,14,16-17,27-29,35-36,42,48,51H,1,11-13,15,19-21H2,2-9H3;7,11,13-14,24-26,32-33,39,43,46-47H,1,8-10,12,16-18H2,2-6H3;2*1H4/t27-,28-,29-,35+,36?,42+,46+;24-,25-,26-,32+,33?,39+,41+;;/m00../s1. The Morgan fingerprint density at radius 1 is 0.580 bits per heavy atom. The average Bonchev–Trinajstić information content (AvgIpc) is 1.59. The molecule has 6 aromatic rings. The van der Waals surface area contributed by atoms with Gasteiger partial charge in [-0.3, -0.25) is 30.2 Å². The summed E-state index contributed by atoms with van der Waals surface area (Å²) in [6.45, 7) is 21.9. The molecule has 14 atom stereocenters. The molecule has 6 aromatic carbocycles. The number of rotatable bonds is 11. The Bertz CT molecular complexity index is 5260. The van der Waals surface area contributed by atoms with Gasteiger partial charge in [-0.1, -0.05) is 52.3 Å². The monoisotopic (exact) mass is 1670 g/mol. The molecule has 5 N–H and O–H groups in total. The van der Waals surface area contributed by atoms with Crippen molar-refractivity contribution in [2.24, 2.45) is 0 Å². The first-order valence-corrected chi connectivity index (χ1v) is 41.4. The van der Waals surface area contributed by atoms with Crippen molar-refractivity contribution in [1.82, 2.24) is 30.2 Å². The number of thioether (sulfide) groups is 2. The van der Waals surface area contributed by atoms with E-state index in [1.54, 1.807) is 94.9 Å². The van der Waals surface area contributed by atoms with Crippen LogP contribution in [0.1, 0.15) is 159 Å². The van der Waals surface area contributed by atoms with Crippen LogP contribution in [0.3, 0.4) is 0 Å². The first-order chi connectivity index (χ1) is 56.3. The smallest absolute Gasteiger partial charge is 0.504 e. The SMILES string of the molecule is C.C.C=CCOc1c(C)c2c(c3c1[C@H]1SC[C@]4(NCCc5cc(O)c(OC)cc54)C(=O)OC[C@@H]3N3C1[C@H]1c4c(cc(C)c(OC)c4O)C[C@@H]([C@@H]3C#N)N1C)OCO2.C=CCOc1c(C)c2c(c3c1[C@H]1SC[C@]4(NCCc5cc(OC(=O)OC(C)(C)C)c(OC)cc54)C(=O)OC[C@@H]3N3C1[C@H]1c4c(cc(C)c(OC)c4O)C[C@@H]([C@@H]3C#N)N1C)OCO2. The number of hydrogen-bond donors (Lipinski definition) is 5. The van der Waals surface area contributed by atoms with E-state index in [1.807, 2.05) is 41.8 Å². The summed E-state index contributed by atoms with van der Waals surface area (Å²) in [5.74, 6) is 4.48. The summed E-state index contributed by atoms with van der Waals surface area (Å²) in [7, 11) is 10.1. The second kappa shape index (κ2) is 31.8. The van der Waals surface area contributed by atoms with Gasteiger partial charge < -0.3 is 81.6 Å². The average molecular weight is 1670 g/mol. The van der Waals surface area contributed by atoms with Crippen LogP contribution >= 0.6 is 23.5 Å². The summed E-state index contributed by atoms with van der Waals surface area (Å²) in [5, 5.41) is 63.6. The van der Waals surface area contributed by atoms with Gasteiger partial charge in [0.05, 0.1) is 75.2 Å². The fourth-order valence-electron chi connectivity index (χ4n) is 20.9. The van der Waals surface area contributed by atoms with E-state index in [0.29, 0.717) is 95.9 Å². The normalized spacial score (nSPS) is 27.5. The molecule has 28 nitrogen and oxygen atoms in total. The van der Waals surface area contributed by atoms with E-state index in [9.17, 15) is 35.4 Å². The van der Waals surface area contributed by atoms with Gasteiger partial charge in [0.15, 0.2) is 80.1 Å². The molecule has 4 fully saturated rings. The van der Waals surface area contributed by atoms with Crippen molar-refractivity contribution in [3.63, 3.8) is 0 Å². The molecular formula is C89H104N8O20S2. The number of hydrogen-bond acceptors (Lipinski definition) is 30. The van der Waals surface area contributed by atoms with Crippen molar-refractivity contribution in [2.75, 3.05) is 107 Å². The molecule has 0 aliphatic carbocycles. The number of nitrogens with one attached hydrogen (secondary N) is 2. The quantitative estimate of drug-likeness (QED) is 0.0348. The molecule has 30 heteroatoms. The Kier molecular flexibility index (Phi) is 22.4. The van der Waals surface area contributed by atoms with Gasteiger partial charge in [-0.05, 0) is 157 Å². The summed E-state index contributed by atoms with van der Waals surface area (Å²) in [6, 6.07) is 11.4. The molecule has 8 bridgehead atoms. The Hall–Kier alpha value is -10.2. The Labute approximate surface area is 701 Å². The van der Waals surface area contributed by atoms with Crippen LogP contribution in [0.5, 0.6) is 80.5 Å². The third kappa shape index (κ3) is 12.8. The number of esters is 2. The number of phenolic OH excluding ortho intramolecular Hbond substituents is 3. The summed E-state index contributed by atoms with van der Waals surface area (Å²) >= 11 is 3.12. The second-order valence-corrected chi connectivity index (χ2v) is 35.0. The highest BCUT2D eigenvalue weighted by molar-refractivity contribution is 7.99. The summed E-state index contributed by atoms with van der Waals surface area (Å²) in [4.78, 5) is 51.6. The maximum absolute atomic E-state index is 15.1. The van der Waals surface area contributed by atoms with Crippen LogP contribution in [-0.4, -0.2) is 202 Å². The molecule has 0 aromatic heterocycles. The van der Waals surface area contributed by atoms with Crippen LogP contribution in [0, 0.1) is 50.4 Å². The molecule has 0 saturated carbocycles. The largest absolute Gasteiger partial charge is 0.514 e. The van der Waals surface area contributed by atoms with E-state index in [-0.39, 0.29) is 113 Å². The van der Waals surface area contributed by atoms with Crippen LogP contribution in [0.2, 0.25) is 0 Å². The number of benzene rings is 6. The molecule has 20 rings (SSSR count). The predicted molar refractivity (Wildman–Crippen MR) is 443 cm³/mol. The molecule has 4 saturated heterocycles. The maximum atomic E-state index is 15.1. The van der Waals surface area contributed by atoms with Gasteiger partial charge in [-0.25, -0.2) is 14.4 Å². The van der Waals surface area contributed by atoms with E-state index < -0.39 is 93.6 Å². The maximum Gasteiger partial charge on any atom is 0.514 e. The van der Waals surface area contributed by atoms with Crippen molar-refractivity contribution in [3.8, 4) is 92.6 Å². The zero-order valence-electron chi connectivity index (χ0n) is 67.6. The summed E-state index contributed by atoms with van der Waals surface area (Å²) in [6.07, 6.45) is 4.65. The third-order valence-electron chi connectivity index (χ3n) is 25.6. The number of piperazine rings is 2. The van der Waals surface area contributed by atoms with Gasteiger partial charge in [0, 0.05) is 93.3 Å². The zero-order valence-corrected chi connectivity index (χ0v) is 69.3. The number of carbonyl (C=O) groups is 3. The van der Waals surface area contributed by atoms with Crippen molar-refractivity contribution in [3.05, 3.63) is 151 Å². The van der Waals surface area contributed by atoms with Crippen LogP contribution in [0.15, 0.2) is 61.7 Å². The number of ether oxygens (including phenoxy) is 14. The number of aryl methyl sites for hydroxylation is 2. The van der Waals surface area contributed by atoms with E-state index in [0.717, 1.165) is 77.9 Å². The molecule has 2 unspecified atom stereocenters. The molecule has 14 aliphatic rings. The van der Waals surface area contributed by atoms with E-state index in [4.69, 9.17) is 66.3 Å². The Morgan fingerprint density at radius 3 is 1.42 bits per heavy atom. The van der Waals surface area contributed by atoms with Crippen LogP contribution in [0.25, 0.3) is 0 Å². The number of likely N-dealkylation sites (N-methyl/N-ethyl adjacent to an activating group) is 2. The molecule has 0 amide bonds. The van der Waals surface area contributed by atoms with Gasteiger partial charge in [0.1, 0.15) is 55.6 Å². The predicted octanol–water partition coefficient (Wildman–Crippen LogP) is 12.1. The molecule has 0 radical (unpaired) electrons. The summed E-state index contributed by atoms with van der Waals surface area (Å²) in [5.41, 5.74) is 9.26. The number of methoxy groups -OCH3 is 4. The number of carbonyl (C=O) groups excluding carboxylic acids is 3.